The second-order valence-electron chi connectivity index (χ2n) is 14.5. The molecule has 0 bridgehead atoms. The lowest BCUT2D eigenvalue weighted by Gasteiger charge is -2.71. The van der Waals surface area contributed by atoms with E-state index in [4.69, 9.17) is 5.73 Å². The second kappa shape index (κ2) is 7.11. The SMILES string of the molecule is C[C@@H]1CC[C@]2(C(N)=O)CC[C@]3(C)C(=CCC4[C@@]5(C)CC[C@H](O)C(C)(C)C5CC[C@]43C)C2[C@H]1C. The van der Waals surface area contributed by atoms with Gasteiger partial charge in [0, 0.05) is 0 Å². The minimum absolute atomic E-state index is 0.0137. The molecule has 0 radical (unpaired) electrons. The molecule has 5 aliphatic rings. The van der Waals surface area contributed by atoms with Crippen LogP contribution in [0.4, 0.5) is 0 Å². The molecule has 5 rings (SSSR count). The number of primary amides is 1. The number of nitrogens with two attached hydrogens (primary N) is 1. The quantitative estimate of drug-likeness (QED) is 0.444. The zero-order valence-electron chi connectivity index (χ0n) is 22.3. The van der Waals surface area contributed by atoms with Gasteiger partial charge >= 0.3 is 0 Å². The number of aliphatic hydroxyl groups is 1. The molecule has 3 heteroatoms. The van der Waals surface area contributed by atoms with Crippen LogP contribution in [0.5, 0.6) is 0 Å². The summed E-state index contributed by atoms with van der Waals surface area (Å²) in [5.41, 5.74) is 8.11. The van der Waals surface area contributed by atoms with E-state index in [1.807, 2.05) is 0 Å². The number of allylic oxidation sites excluding steroid dienone is 2. The lowest BCUT2D eigenvalue weighted by molar-refractivity contribution is -0.204. The molecule has 3 nitrogen and oxygen atoms in total. The molecular weight excluding hydrogens is 406 g/mol. The Hall–Kier alpha value is -0.830. The molecule has 33 heavy (non-hydrogen) atoms. The monoisotopic (exact) mass is 455 g/mol. The van der Waals surface area contributed by atoms with Gasteiger partial charge in [0.05, 0.1) is 11.5 Å². The van der Waals surface area contributed by atoms with Gasteiger partial charge in [0.25, 0.3) is 0 Å². The van der Waals surface area contributed by atoms with Gasteiger partial charge in [-0.2, -0.15) is 0 Å². The number of hydrogen-bond donors (Lipinski definition) is 2. The van der Waals surface area contributed by atoms with E-state index in [2.05, 4.69) is 54.5 Å². The third-order valence-corrected chi connectivity index (χ3v) is 13.5. The first-order valence-electron chi connectivity index (χ1n) is 13.9. The van der Waals surface area contributed by atoms with Crippen molar-refractivity contribution in [3.05, 3.63) is 11.6 Å². The van der Waals surface area contributed by atoms with Crippen LogP contribution in [0.25, 0.3) is 0 Å². The van der Waals surface area contributed by atoms with E-state index in [0.29, 0.717) is 29.6 Å². The van der Waals surface area contributed by atoms with Gasteiger partial charge in [-0.05, 0) is 109 Å². The summed E-state index contributed by atoms with van der Waals surface area (Å²) >= 11 is 0. The summed E-state index contributed by atoms with van der Waals surface area (Å²) in [7, 11) is 0. The molecule has 0 aromatic rings. The average Bonchev–Trinajstić information content (AvgIpc) is 2.74. The number of rotatable bonds is 1. The Bertz CT molecular complexity index is 877. The number of hydrogen-bond acceptors (Lipinski definition) is 2. The normalized spacial score (nSPS) is 55.3. The van der Waals surface area contributed by atoms with Crippen LogP contribution in [0.3, 0.4) is 0 Å². The molecule has 0 aliphatic heterocycles. The predicted octanol–water partition coefficient (Wildman–Crippen LogP) is 6.49. The van der Waals surface area contributed by atoms with Crippen molar-refractivity contribution < 1.29 is 9.90 Å². The number of carbonyl (C=O) groups excluding carboxylic acids is 1. The van der Waals surface area contributed by atoms with Gasteiger partial charge in [0.15, 0.2) is 0 Å². The second-order valence-corrected chi connectivity index (χ2v) is 14.5. The molecule has 5 aliphatic carbocycles. The highest BCUT2D eigenvalue weighted by molar-refractivity contribution is 5.82. The Labute approximate surface area is 202 Å². The van der Waals surface area contributed by atoms with Crippen molar-refractivity contribution in [1.82, 2.24) is 0 Å². The number of fused-ring (bicyclic) bond motifs is 7. The summed E-state index contributed by atoms with van der Waals surface area (Å²) in [6, 6.07) is 0. The minimum Gasteiger partial charge on any atom is -0.393 e. The number of amides is 1. The Balaban J connectivity index is 1.61. The summed E-state index contributed by atoms with van der Waals surface area (Å²) in [5.74, 6) is 2.64. The van der Waals surface area contributed by atoms with Crippen LogP contribution in [0.1, 0.15) is 106 Å². The van der Waals surface area contributed by atoms with Crippen molar-refractivity contribution in [2.75, 3.05) is 0 Å². The van der Waals surface area contributed by atoms with Crippen molar-refractivity contribution in [2.45, 2.75) is 112 Å². The standard InChI is InChI=1S/C30H49NO2/c1-18-10-15-30(25(31)33)17-16-28(6)20(24(30)19(18)2)8-9-22-27(5)13-12-23(32)26(3,4)21(27)11-14-29(22,28)7/h8,18-19,21-24,32H,9-17H2,1-7H3,(H2,31,33)/t18-,19+,21?,22?,23+,24?,27+,28-,29-,30+/m1/s1. The highest BCUT2D eigenvalue weighted by atomic mass is 16.3. The molecule has 10 atom stereocenters. The summed E-state index contributed by atoms with van der Waals surface area (Å²) in [5, 5.41) is 10.9. The van der Waals surface area contributed by atoms with E-state index in [1.165, 1.54) is 12.8 Å². The fourth-order valence-electron chi connectivity index (χ4n) is 10.9. The van der Waals surface area contributed by atoms with E-state index in [-0.39, 0.29) is 39.1 Å². The number of aliphatic hydroxyl groups excluding tert-OH is 1. The summed E-state index contributed by atoms with van der Waals surface area (Å²) in [6.07, 6.45) is 12.3. The zero-order valence-corrected chi connectivity index (χ0v) is 22.3. The zero-order chi connectivity index (χ0) is 24.2. The van der Waals surface area contributed by atoms with E-state index in [0.717, 1.165) is 44.9 Å². The van der Waals surface area contributed by atoms with Crippen LogP contribution in [-0.4, -0.2) is 17.1 Å². The maximum atomic E-state index is 13.0. The van der Waals surface area contributed by atoms with E-state index < -0.39 is 0 Å². The molecule has 4 fully saturated rings. The molecule has 186 valence electrons. The van der Waals surface area contributed by atoms with Crippen molar-refractivity contribution in [2.24, 2.45) is 62.4 Å². The maximum absolute atomic E-state index is 13.0. The molecular formula is C30H49NO2. The topological polar surface area (TPSA) is 63.3 Å². The number of carbonyl (C=O) groups is 1. The van der Waals surface area contributed by atoms with Crippen LogP contribution in [0, 0.1) is 56.7 Å². The fourth-order valence-corrected chi connectivity index (χ4v) is 10.9. The van der Waals surface area contributed by atoms with Gasteiger partial charge in [-0.1, -0.05) is 60.1 Å². The largest absolute Gasteiger partial charge is 0.393 e. The van der Waals surface area contributed by atoms with Gasteiger partial charge in [-0.3, -0.25) is 4.79 Å². The van der Waals surface area contributed by atoms with Crippen molar-refractivity contribution >= 4 is 5.91 Å². The van der Waals surface area contributed by atoms with E-state index in [9.17, 15) is 9.90 Å². The van der Waals surface area contributed by atoms with Crippen LogP contribution >= 0.6 is 0 Å². The minimum atomic E-state index is -0.335. The molecule has 3 unspecified atom stereocenters. The van der Waals surface area contributed by atoms with Crippen LogP contribution in [0.15, 0.2) is 11.6 Å². The highest BCUT2D eigenvalue weighted by Crippen LogP contribution is 2.75. The highest BCUT2D eigenvalue weighted by Gasteiger charge is 2.69. The Morgan fingerprint density at radius 1 is 0.939 bits per heavy atom. The summed E-state index contributed by atoms with van der Waals surface area (Å²) < 4.78 is 0. The van der Waals surface area contributed by atoms with Crippen LogP contribution in [-0.2, 0) is 4.79 Å². The molecule has 0 aromatic carbocycles. The van der Waals surface area contributed by atoms with Crippen molar-refractivity contribution in [3.63, 3.8) is 0 Å². The Morgan fingerprint density at radius 2 is 1.64 bits per heavy atom. The molecule has 1 amide bonds. The lowest BCUT2D eigenvalue weighted by atomic mass is 9.33. The van der Waals surface area contributed by atoms with Crippen molar-refractivity contribution in [3.8, 4) is 0 Å². The van der Waals surface area contributed by atoms with E-state index in [1.54, 1.807) is 5.57 Å². The molecule has 3 N–H and O–H groups in total. The first-order valence-corrected chi connectivity index (χ1v) is 13.9. The summed E-state index contributed by atoms with van der Waals surface area (Å²) in [4.78, 5) is 13.0. The Kier molecular flexibility index (Phi) is 5.15. The third-order valence-electron chi connectivity index (χ3n) is 13.5. The van der Waals surface area contributed by atoms with Gasteiger partial charge in [-0.25, -0.2) is 0 Å². The Morgan fingerprint density at radius 3 is 2.30 bits per heavy atom. The maximum Gasteiger partial charge on any atom is 0.224 e. The lowest BCUT2D eigenvalue weighted by Crippen LogP contribution is -2.65. The summed E-state index contributed by atoms with van der Waals surface area (Å²) in [6.45, 7) is 17.2. The van der Waals surface area contributed by atoms with Gasteiger partial charge in [0.2, 0.25) is 5.91 Å². The van der Waals surface area contributed by atoms with Crippen molar-refractivity contribution in [1.29, 1.82) is 0 Å². The third kappa shape index (κ3) is 2.75. The molecule has 0 spiro atoms. The first kappa shape index (κ1) is 23.9. The van der Waals surface area contributed by atoms with Crippen LogP contribution in [0.2, 0.25) is 0 Å². The predicted molar refractivity (Wildman–Crippen MR) is 134 cm³/mol. The van der Waals surface area contributed by atoms with Gasteiger partial charge in [0.1, 0.15) is 0 Å². The fraction of sp³-hybridized carbons (Fsp3) is 0.900. The first-order chi connectivity index (χ1) is 15.3. The molecule has 0 aromatic heterocycles. The molecule has 4 saturated carbocycles. The molecule has 0 saturated heterocycles. The average molecular weight is 456 g/mol. The molecule has 0 heterocycles. The van der Waals surface area contributed by atoms with Gasteiger partial charge in [-0.15, -0.1) is 0 Å². The van der Waals surface area contributed by atoms with Crippen LogP contribution < -0.4 is 5.73 Å². The smallest absolute Gasteiger partial charge is 0.224 e. The van der Waals surface area contributed by atoms with Gasteiger partial charge < -0.3 is 10.8 Å². The van der Waals surface area contributed by atoms with E-state index >= 15 is 0 Å².